The topological polar surface area (TPSA) is 20.2 Å². The number of hydrogen-bond acceptors (Lipinski definition) is 1. The van der Waals surface area contributed by atoms with Gasteiger partial charge in [-0.2, -0.15) is 0 Å². The van der Waals surface area contributed by atoms with Crippen molar-refractivity contribution in [2.24, 2.45) is 39.9 Å². The molecule has 0 bridgehead atoms. The smallest absolute Gasteiger partial charge is 0.0594 e. The van der Waals surface area contributed by atoms with E-state index in [2.05, 4.69) is 54.5 Å². The Labute approximate surface area is 186 Å². The predicted molar refractivity (Wildman–Crippen MR) is 128 cm³/mol. The molecule has 0 spiro atoms. The van der Waals surface area contributed by atoms with E-state index in [0.717, 1.165) is 24.2 Å². The fraction of sp³-hybridized carbons (Fsp3) is 0.862. The summed E-state index contributed by atoms with van der Waals surface area (Å²) in [6, 6.07) is 0. The minimum Gasteiger partial charge on any atom is -0.393 e. The molecule has 0 amide bonds. The fourth-order valence-corrected chi connectivity index (χ4v) is 9.12. The van der Waals surface area contributed by atoms with Gasteiger partial charge in [0, 0.05) is 0 Å². The summed E-state index contributed by atoms with van der Waals surface area (Å²) in [6.45, 7) is 16.9. The van der Waals surface area contributed by atoms with Crippen molar-refractivity contribution < 1.29 is 5.11 Å². The van der Waals surface area contributed by atoms with Crippen LogP contribution in [0.2, 0.25) is 0 Å². The number of allylic oxidation sites excluding steroid dienone is 4. The summed E-state index contributed by atoms with van der Waals surface area (Å²) in [5.74, 6) is 3.16. The van der Waals surface area contributed by atoms with Crippen molar-refractivity contribution in [3.05, 3.63) is 22.8 Å². The summed E-state index contributed by atoms with van der Waals surface area (Å²) in [5.41, 5.74) is 6.20. The van der Waals surface area contributed by atoms with Crippen molar-refractivity contribution in [3.8, 4) is 0 Å². The lowest BCUT2D eigenvalue weighted by Crippen LogP contribution is -2.55. The van der Waals surface area contributed by atoms with Crippen LogP contribution in [0, 0.1) is 39.9 Å². The summed E-state index contributed by atoms with van der Waals surface area (Å²) < 4.78 is 0. The average Bonchev–Trinajstić information content (AvgIpc) is 3.02. The standard InChI is InChI=1S/C29H48O/c1-19(2)9-8-10-20(3)22-12-13-23-21-11-14-25-27(4,5)26(30)16-18-29(25,7)24(21)15-17-28(22,23)6/h9,20,22,24-26,30H,8,10-18H2,1-7H3/t20-,22-,24+,25?,26+,28-,29-/m1/s1. The molecule has 1 N–H and O–H groups in total. The molecule has 4 aliphatic rings. The third kappa shape index (κ3) is 3.37. The number of rotatable bonds is 4. The summed E-state index contributed by atoms with van der Waals surface area (Å²) in [7, 11) is 0. The molecule has 30 heavy (non-hydrogen) atoms. The van der Waals surface area contributed by atoms with Crippen molar-refractivity contribution in [2.45, 2.75) is 119 Å². The second-order valence-electron chi connectivity index (χ2n) is 13.0. The largest absolute Gasteiger partial charge is 0.393 e. The SMILES string of the molecule is CC(C)=CCC[C@@H](C)[C@H]1CCC2=C3CCC4C(C)(C)[C@@H](O)CC[C@]4(C)[C@H]3CC[C@@]21C. The van der Waals surface area contributed by atoms with E-state index in [1.807, 2.05) is 11.1 Å². The van der Waals surface area contributed by atoms with Crippen molar-refractivity contribution in [2.75, 3.05) is 0 Å². The first-order valence-electron chi connectivity index (χ1n) is 13.1. The lowest BCUT2D eigenvalue weighted by molar-refractivity contribution is -0.128. The molecular formula is C29H48O. The highest BCUT2D eigenvalue weighted by atomic mass is 16.3. The Hall–Kier alpha value is -0.560. The molecule has 1 heteroatoms. The van der Waals surface area contributed by atoms with Gasteiger partial charge in [0.1, 0.15) is 0 Å². The molecule has 4 rings (SSSR count). The van der Waals surface area contributed by atoms with Gasteiger partial charge >= 0.3 is 0 Å². The second kappa shape index (κ2) is 7.79. The Morgan fingerprint density at radius 2 is 1.77 bits per heavy atom. The molecule has 7 atom stereocenters. The van der Waals surface area contributed by atoms with Crippen LogP contribution >= 0.6 is 0 Å². The molecule has 0 saturated heterocycles. The molecule has 4 aliphatic carbocycles. The van der Waals surface area contributed by atoms with Crippen LogP contribution in [0.4, 0.5) is 0 Å². The first kappa shape index (κ1) is 22.6. The van der Waals surface area contributed by atoms with E-state index < -0.39 is 0 Å². The van der Waals surface area contributed by atoms with Crippen molar-refractivity contribution in [1.29, 1.82) is 0 Å². The fourth-order valence-electron chi connectivity index (χ4n) is 9.12. The summed E-state index contributed by atoms with van der Waals surface area (Å²) >= 11 is 0. The molecule has 1 unspecified atom stereocenters. The van der Waals surface area contributed by atoms with Crippen LogP contribution in [0.25, 0.3) is 0 Å². The third-order valence-electron chi connectivity index (χ3n) is 10.8. The number of fused-ring (bicyclic) bond motifs is 4. The summed E-state index contributed by atoms with van der Waals surface area (Å²) in [5, 5.41) is 10.8. The Morgan fingerprint density at radius 1 is 1.03 bits per heavy atom. The van der Waals surface area contributed by atoms with Crippen LogP contribution in [-0.4, -0.2) is 11.2 Å². The van der Waals surface area contributed by atoms with Crippen LogP contribution in [0.5, 0.6) is 0 Å². The summed E-state index contributed by atoms with van der Waals surface area (Å²) in [4.78, 5) is 0. The molecule has 3 saturated carbocycles. The maximum Gasteiger partial charge on any atom is 0.0594 e. The first-order valence-corrected chi connectivity index (χ1v) is 13.1. The van der Waals surface area contributed by atoms with Gasteiger partial charge in [0.25, 0.3) is 0 Å². The third-order valence-corrected chi connectivity index (χ3v) is 10.8. The molecule has 0 aliphatic heterocycles. The molecule has 0 aromatic rings. The van der Waals surface area contributed by atoms with Crippen LogP contribution in [0.15, 0.2) is 22.8 Å². The first-order chi connectivity index (χ1) is 14.0. The molecule has 3 fully saturated rings. The minimum atomic E-state index is -0.115. The Bertz CT molecular complexity index is 723. The zero-order valence-corrected chi connectivity index (χ0v) is 21.0. The Balaban J connectivity index is 1.60. The van der Waals surface area contributed by atoms with Gasteiger partial charge in [0.05, 0.1) is 6.10 Å². The molecule has 1 nitrogen and oxygen atoms in total. The maximum absolute atomic E-state index is 10.8. The number of aliphatic hydroxyl groups is 1. The van der Waals surface area contributed by atoms with Gasteiger partial charge in [-0.15, -0.1) is 0 Å². The number of hydrogen-bond donors (Lipinski definition) is 1. The van der Waals surface area contributed by atoms with Gasteiger partial charge in [-0.3, -0.25) is 0 Å². The average molecular weight is 413 g/mol. The van der Waals surface area contributed by atoms with Gasteiger partial charge < -0.3 is 5.11 Å². The van der Waals surface area contributed by atoms with Crippen molar-refractivity contribution in [3.63, 3.8) is 0 Å². The zero-order valence-electron chi connectivity index (χ0n) is 21.0. The van der Waals surface area contributed by atoms with Crippen molar-refractivity contribution >= 4 is 0 Å². The van der Waals surface area contributed by atoms with Gasteiger partial charge in [-0.1, -0.05) is 57.4 Å². The lowest BCUT2D eigenvalue weighted by atomic mass is 9.44. The molecule has 170 valence electrons. The van der Waals surface area contributed by atoms with Crippen LogP contribution in [-0.2, 0) is 0 Å². The lowest BCUT2D eigenvalue weighted by Gasteiger charge is -2.61. The van der Waals surface area contributed by atoms with E-state index in [4.69, 9.17) is 0 Å². The predicted octanol–water partition coefficient (Wildman–Crippen LogP) is 8.09. The molecule has 0 aromatic carbocycles. The van der Waals surface area contributed by atoms with E-state index >= 15 is 0 Å². The van der Waals surface area contributed by atoms with E-state index in [0.29, 0.717) is 16.7 Å². The van der Waals surface area contributed by atoms with Gasteiger partial charge in [-0.05, 0) is 118 Å². The van der Waals surface area contributed by atoms with Gasteiger partial charge in [0.15, 0.2) is 0 Å². The van der Waals surface area contributed by atoms with E-state index in [1.54, 1.807) is 0 Å². The van der Waals surface area contributed by atoms with Crippen LogP contribution in [0.3, 0.4) is 0 Å². The quantitative estimate of drug-likeness (QED) is 0.462. The normalized spacial score (nSPS) is 43.5. The van der Waals surface area contributed by atoms with Crippen LogP contribution < -0.4 is 0 Å². The van der Waals surface area contributed by atoms with E-state index in [-0.39, 0.29) is 11.5 Å². The molecule has 0 aromatic heterocycles. The molecule has 0 heterocycles. The van der Waals surface area contributed by atoms with E-state index in [1.165, 1.54) is 63.4 Å². The Kier molecular flexibility index (Phi) is 5.87. The monoisotopic (exact) mass is 412 g/mol. The summed E-state index contributed by atoms with van der Waals surface area (Å²) in [6.07, 6.45) is 15.3. The molecule has 0 radical (unpaired) electrons. The second-order valence-corrected chi connectivity index (χ2v) is 13.0. The highest BCUT2D eigenvalue weighted by Gasteiger charge is 2.59. The highest BCUT2D eigenvalue weighted by Crippen LogP contribution is 2.68. The van der Waals surface area contributed by atoms with Crippen LogP contribution in [0.1, 0.15) is 113 Å². The van der Waals surface area contributed by atoms with Crippen molar-refractivity contribution in [1.82, 2.24) is 0 Å². The zero-order chi connectivity index (χ0) is 21.9. The van der Waals surface area contributed by atoms with Gasteiger partial charge in [-0.25, -0.2) is 0 Å². The number of aliphatic hydroxyl groups excluding tert-OH is 1. The highest BCUT2D eigenvalue weighted by molar-refractivity contribution is 5.35. The minimum absolute atomic E-state index is 0.0710. The van der Waals surface area contributed by atoms with Gasteiger partial charge in [0.2, 0.25) is 0 Å². The maximum atomic E-state index is 10.8. The Morgan fingerprint density at radius 3 is 2.47 bits per heavy atom. The molecular weight excluding hydrogens is 364 g/mol. The van der Waals surface area contributed by atoms with E-state index in [9.17, 15) is 5.11 Å².